The van der Waals surface area contributed by atoms with Crippen molar-refractivity contribution in [3.05, 3.63) is 29.8 Å². The standard InChI is InChI=1S/C14H20N2O/c1-11-8-16(9-12(2)15(11)3)14-7-5-4-6-13(14)10-17/h4-7,10-12H,8-9H2,1-3H3/t11-,12-/m0/s1. The highest BCUT2D eigenvalue weighted by atomic mass is 16.1. The van der Waals surface area contributed by atoms with Gasteiger partial charge in [-0.2, -0.15) is 0 Å². The van der Waals surface area contributed by atoms with Crippen molar-refractivity contribution >= 4 is 12.0 Å². The van der Waals surface area contributed by atoms with Crippen LogP contribution < -0.4 is 4.90 Å². The van der Waals surface area contributed by atoms with Gasteiger partial charge in [0.05, 0.1) is 0 Å². The molecule has 1 aromatic carbocycles. The zero-order valence-corrected chi connectivity index (χ0v) is 10.8. The molecule has 3 nitrogen and oxygen atoms in total. The van der Waals surface area contributed by atoms with Gasteiger partial charge < -0.3 is 4.90 Å². The first-order chi connectivity index (χ1) is 8.13. The maximum atomic E-state index is 11.1. The average Bonchev–Trinajstić information content (AvgIpc) is 2.35. The predicted octanol–water partition coefficient (Wildman–Crippen LogP) is 2.03. The molecule has 3 heteroatoms. The molecule has 0 radical (unpaired) electrons. The van der Waals surface area contributed by atoms with Gasteiger partial charge in [0.25, 0.3) is 0 Å². The van der Waals surface area contributed by atoms with Crippen LogP contribution in [0.5, 0.6) is 0 Å². The minimum atomic E-state index is 0.512. The Morgan fingerprint density at radius 3 is 2.35 bits per heavy atom. The summed E-state index contributed by atoms with van der Waals surface area (Å²) in [5.41, 5.74) is 1.85. The van der Waals surface area contributed by atoms with E-state index in [-0.39, 0.29) is 0 Å². The zero-order chi connectivity index (χ0) is 12.4. The quantitative estimate of drug-likeness (QED) is 0.729. The topological polar surface area (TPSA) is 23.6 Å². The fourth-order valence-electron chi connectivity index (χ4n) is 2.48. The highest BCUT2D eigenvalue weighted by Crippen LogP contribution is 2.23. The lowest BCUT2D eigenvalue weighted by atomic mass is 10.1. The first kappa shape index (κ1) is 12.1. The predicted molar refractivity (Wildman–Crippen MR) is 70.7 cm³/mol. The van der Waals surface area contributed by atoms with Gasteiger partial charge in [-0.3, -0.25) is 9.69 Å². The summed E-state index contributed by atoms with van der Waals surface area (Å²) < 4.78 is 0. The molecule has 2 atom stereocenters. The lowest BCUT2D eigenvalue weighted by Gasteiger charge is -2.43. The summed E-state index contributed by atoms with van der Waals surface area (Å²) in [6.07, 6.45) is 0.947. The number of aldehydes is 1. The molecule has 0 spiro atoms. The molecule has 1 aromatic rings. The van der Waals surface area contributed by atoms with E-state index < -0.39 is 0 Å². The summed E-state index contributed by atoms with van der Waals surface area (Å²) in [6, 6.07) is 8.85. The number of nitrogens with zero attached hydrogens (tertiary/aromatic N) is 2. The molecule has 1 heterocycles. The number of likely N-dealkylation sites (N-methyl/N-ethyl adjacent to an activating group) is 1. The number of carbonyl (C=O) groups excluding carboxylic acids is 1. The van der Waals surface area contributed by atoms with Crippen molar-refractivity contribution in [3.63, 3.8) is 0 Å². The van der Waals surface area contributed by atoms with Crippen LogP contribution in [0.15, 0.2) is 24.3 Å². The smallest absolute Gasteiger partial charge is 0.152 e. The molecule has 0 bridgehead atoms. The molecule has 2 rings (SSSR count). The largest absolute Gasteiger partial charge is 0.368 e. The number of hydrogen-bond donors (Lipinski definition) is 0. The van der Waals surface area contributed by atoms with Crippen molar-refractivity contribution in [1.82, 2.24) is 4.90 Å². The summed E-state index contributed by atoms with van der Waals surface area (Å²) in [5, 5.41) is 0. The van der Waals surface area contributed by atoms with E-state index in [1.807, 2.05) is 24.3 Å². The maximum absolute atomic E-state index is 11.1. The van der Waals surface area contributed by atoms with Crippen LogP contribution in [0.3, 0.4) is 0 Å². The van der Waals surface area contributed by atoms with Crippen molar-refractivity contribution in [2.75, 3.05) is 25.0 Å². The van der Waals surface area contributed by atoms with E-state index in [9.17, 15) is 4.79 Å². The number of benzene rings is 1. The highest BCUT2D eigenvalue weighted by molar-refractivity contribution is 5.84. The lowest BCUT2D eigenvalue weighted by Crippen LogP contribution is -2.55. The van der Waals surface area contributed by atoms with E-state index in [1.165, 1.54) is 0 Å². The monoisotopic (exact) mass is 232 g/mol. The Balaban J connectivity index is 2.25. The number of rotatable bonds is 2. The van der Waals surface area contributed by atoms with Gasteiger partial charge in [-0.1, -0.05) is 12.1 Å². The zero-order valence-electron chi connectivity index (χ0n) is 10.8. The SMILES string of the molecule is C[C@H]1CN(c2ccccc2C=O)C[C@H](C)N1C. The van der Waals surface area contributed by atoms with E-state index in [4.69, 9.17) is 0 Å². The Morgan fingerprint density at radius 1 is 1.18 bits per heavy atom. The molecular weight excluding hydrogens is 212 g/mol. The van der Waals surface area contributed by atoms with Gasteiger partial charge >= 0.3 is 0 Å². The second-order valence-corrected chi connectivity index (χ2v) is 4.95. The number of carbonyl (C=O) groups is 1. The van der Waals surface area contributed by atoms with Crippen molar-refractivity contribution in [2.45, 2.75) is 25.9 Å². The van der Waals surface area contributed by atoms with Crippen molar-refractivity contribution in [1.29, 1.82) is 0 Å². The fraction of sp³-hybridized carbons (Fsp3) is 0.500. The van der Waals surface area contributed by atoms with Crippen molar-refractivity contribution < 1.29 is 4.79 Å². The highest BCUT2D eigenvalue weighted by Gasteiger charge is 2.27. The maximum Gasteiger partial charge on any atom is 0.152 e. The molecule has 0 N–H and O–H groups in total. The molecule has 0 unspecified atom stereocenters. The average molecular weight is 232 g/mol. The van der Waals surface area contributed by atoms with Gasteiger partial charge in [0.1, 0.15) is 0 Å². The van der Waals surface area contributed by atoms with Gasteiger partial charge in [0, 0.05) is 36.4 Å². The molecule has 1 fully saturated rings. The molecular formula is C14H20N2O. The molecule has 17 heavy (non-hydrogen) atoms. The number of hydrogen-bond acceptors (Lipinski definition) is 3. The molecule has 0 amide bonds. The van der Waals surface area contributed by atoms with Crippen molar-refractivity contribution in [2.24, 2.45) is 0 Å². The molecule has 1 aliphatic rings. The minimum Gasteiger partial charge on any atom is -0.368 e. The number of anilines is 1. The van der Waals surface area contributed by atoms with Crippen LogP contribution in [0.1, 0.15) is 24.2 Å². The Hall–Kier alpha value is -1.35. The molecule has 1 aliphatic heterocycles. The van der Waals surface area contributed by atoms with E-state index >= 15 is 0 Å². The third-order valence-corrected chi connectivity index (χ3v) is 3.76. The Labute approximate surface area is 103 Å². The van der Waals surface area contributed by atoms with Crippen LogP contribution in [0.2, 0.25) is 0 Å². The molecule has 92 valence electrons. The van der Waals surface area contributed by atoms with Crippen LogP contribution >= 0.6 is 0 Å². The summed E-state index contributed by atoms with van der Waals surface area (Å²) in [7, 11) is 2.16. The van der Waals surface area contributed by atoms with Gasteiger partial charge in [-0.15, -0.1) is 0 Å². The summed E-state index contributed by atoms with van der Waals surface area (Å²) >= 11 is 0. The fourth-order valence-corrected chi connectivity index (χ4v) is 2.48. The minimum absolute atomic E-state index is 0.512. The first-order valence-corrected chi connectivity index (χ1v) is 6.14. The molecule has 1 saturated heterocycles. The first-order valence-electron chi connectivity index (χ1n) is 6.14. The number of para-hydroxylation sites is 1. The third-order valence-electron chi connectivity index (χ3n) is 3.76. The summed E-state index contributed by atoms with van der Waals surface area (Å²) in [5.74, 6) is 0. The van der Waals surface area contributed by atoms with Crippen LogP contribution in [0.25, 0.3) is 0 Å². The van der Waals surface area contributed by atoms with Crippen molar-refractivity contribution in [3.8, 4) is 0 Å². The Kier molecular flexibility index (Phi) is 3.48. The van der Waals surface area contributed by atoms with Gasteiger partial charge in [-0.05, 0) is 33.0 Å². The third kappa shape index (κ3) is 2.34. The summed E-state index contributed by atoms with van der Waals surface area (Å²) in [4.78, 5) is 15.8. The Bertz CT molecular complexity index is 393. The van der Waals surface area contributed by atoms with Gasteiger partial charge in [0.2, 0.25) is 0 Å². The van der Waals surface area contributed by atoms with Gasteiger partial charge in [-0.25, -0.2) is 0 Å². The number of piperazine rings is 1. The molecule has 0 aliphatic carbocycles. The van der Waals surface area contributed by atoms with E-state index in [0.29, 0.717) is 12.1 Å². The lowest BCUT2D eigenvalue weighted by molar-refractivity contribution is 0.112. The van der Waals surface area contributed by atoms with Crippen LogP contribution in [0.4, 0.5) is 5.69 Å². The van der Waals surface area contributed by atoms with E-state index in [0.717, 1.165) is 30.6 Å². The van der Waals surface area contributed by atoms with Crippen LogP contribution in [-0.4, -0.2) is 43.4 Å². The second-order valence-electron chi connectivity index (χ2n) is 4.95. The molecule has 0 saturated carbocycles. The van der Waals surface area contributed by atoms with Crippen LogP contribution in [-0.2, 0) is 0 Å². The second kappa shape index (κ2) is 4.88. The van der Waals surface area contributed by atoms with Gasteiger partial charge in [0.15, 0.2) is 6.29 Å². The Morgan fingerprint density at radius 2 is 1.76 bits per heavy atom. The van der Waals surface area contributed by atoms with E-state index in [2.05, 4.69) is 30.7 Å². The van der Waals surface area contributed by atoms with Crippen LogP contribution in [0, 0.1) is 0 Å². The van der Waals surface area contributed by atoms with E-state index in [1.54, 1.807) is 0 Å². The summed E-state index contributed by atoms with van der Waals surface area (Å²) in [6.45, 7) is 6.41. The normalized spacial score (nSPS) is 25.9. The molecule has 0 aromatic heterocycles.